The molecule has 1 rings (SSSR count). The smallest absolute Gasteiger partial charge is 0.293 e. The average Bonchev–Trinajstić information content (AvgIpc) is 2.29. The summed E-state index contributed by atoms with van der Waals surface area (Å²) in [5, 5.41) is 15.8. The Labute approximate surface area is 110 Å². The summed E-state index contributed by atoms with van der Waals surface area (Å²) in [6, 6.07) is 2.00. The zero-order valence-corrected chi connectivity index (χ0v) is 11.3. The maximum Gasteiger partial charge on any atom is 0.293 e. The van der Waals surface area contributed by atoms with E-state index in [-0.39, 0.29) is 24.7 Å². The normalized spacial score (nSPS) is 11.1. The maximum atomic E-state index is 11.4. The van der Waals surface area contributed by atoms with Gasteiger partial charge in [0, 0.05) is 6.07 Å². The van der Waals surface area contributed by atoms with E-state index in [9.17, 15) is 18.5 Å². The van der Waals surface area contributed by atoms with Gasteiger partial charge in [-0.3, -0.25) is 10.1 Å². The number of nitrogens with zero attached hydrogens (tertiary/aromatic N) is 1. The Morgan fingerprint density at radius 3 is 2.05 bits per heavy atom. The third kappa shape index (κ3) is 3.55. The monoisotopic (exact) mass is 290 g/mol. The van der Waals surface area contributed by atoms with E-state index in [1.807, 2.05) is 0 Å². The van der Waals surface area contributed by atoms with Crippen LogP contribution in [0, 0.1) is 10.1 Å². The number of sulfonamides is 1. The van der Waals surface area contributed by atoms with Gasteiger partial charge in [-0.2, -0.15) is 0 Å². The van der Waals surface area contributed by atoms with Crippen molar-refractivity contribution in [2.45, 2.75) is 18.7 Å². The van der Waals surface area contributed by atoms with Crippen LogP contribution in [0.3, 0.4) is 0 Å². The number of hydrogen-bond donors (Lipinski definition) is 1. The van der Waals surface area contributed by atoms with Gasteiger partial charge in [-0.1, -0.05) is 0 Å². The molecule has 0 atom stereocenters. The molecule has 2 N–H and O–H groups in total. The van der Waals surface area contributed by atoms with Crippen LogP contribution < -0.4 is 14.6 Å². The van der Waals surface area contributed by atoms with E-state index in [2.05, 4.69) is 0 Å². The highest BCUT2D eigenvalue weighted by molar-refractivity contribution is 7.89. The van der Waals surface area contributed by atoms with Crippen LogP contribution in [0.5, 0.6) is 11.5 Å². The van der Waals surface area contributed by atoms with Gasteiger partial charge in [-0.25, -0.2) is 13.6 Å². The van der Waals surface area contributed by atoms with Crippen LogP contribution >= 0.6 is 0 Å². The molecule has 0 radical (unpaired) electrons. The zero-order chi connectivity index (χ0) is 14.6. The van der Waals surface area contributed by atoms with E-state index < -0.39 is 25.5 Å². The van der Waals surface area contributed by atoms with Gasteiger partial charge < -0.3 is 9.47 Å². The Kier molecular flexibility index (Phi) is 4.67. The second-order valence-electron chi connectivity index (χ2n) is 3.43. The van der Waals surface area contributed by atoms with E-state index >= 15 is 0 Å². The molecule has 0 aliphatic heterocycles. The lowest BCUT2D eigenvalue weighted by Gasteiger charge is -2.12. The fourth-order valence-corrected chi connectivity index (χ4v) is 2.13. The van der Waals surface area contributed by atoms with Crippen molar-refractivity contribution in [1.29, 1.82) is 0 Å². The van der Waals surface area contributed by atoms with Gasteiger partial charge in [0.1, 0.15) is 0 Å². The SMILES string of the molecule is CCOc1cc([N+](=O)[O-])c(S(N)(=O)=O)cc1OCC. The van der Waals surface area contributed by atoms with Crippen molar-refractivity contribution in [3.8, 4) is 11.5 Å². The summed E-state index contributed by atoms with van der Waals surface area (Å²) in [5.41, 5.74) is -0.644. The van der Waals surface area contributed by atoms with E-state index in [4.69, 9.17) is 14.6 Å². The number of rotatable bonds is 6. The van der Waals surface area contributed by atoms with E-state index in [1.54, 1.807) is 13.8 Å². The highest BCUT2D eigenvalue weighted by atomic mass is 32.2. The summed E-state index contributed by atoms with van der Waals surface area (Å²) in [4.78, 5) is 9.44. The van der Waals surface area contributed by atoms with Crippen molar-refractivity contribution in [2.75, 3.05) is 13.2 Å². The minimum absolute atomic E-state index is 0.0963. The first kappa shape index (κ1) is 15.2. The van der Waals surface area contributed by atoms with Crippen LogP contribution in [0.25, 0.3) is 0 Å². The number of nitrogens with two attached hydrogens (primary N) is 1. The van der Waals surface area contributed by atoms with Crippen molar-refractivity contribution >= 4 is 15.7 Å². The summed E-state index contributed by atoms with van der Waals surface area (Å²) in [6.45, 7) is 3.89. The number of nitro benzene ring substituents is 1. The first-order valence-corrected chi connectivity index (χ1v) is 6.96. The van der Waals surface area contributed by atoms with Gasteiger partial charge in [0.15, 0.2) is 16.4 Å². The Morgan fingerprint density at radius 2 is 1.68 bits per heavy atom. The molecule has 0 aliphatic rings. The topological polar surface area (TPSA) is 122 Å². The van der Waals surface area contributed by atoms with Crippen LogP contribution in [-0.2, 0) is 10.0 Å². The highest BCUT2D eigenvalue weighted by Crippen LogP contribution is 2.36. The number of primary sulfonamides is 1. The lowest BCUT2D eigenvalue weighted by Crippen LogP contribution is -2.15. The zero-order valence-electron chi connectivity index (χ0n) is 10.5. The minimum Gasteiger partial charge on any atom is -0.490 e. The van der Waals surface area contributed by atoms with Gasteiger partial charge in [0.2, 0.25) is 10.0 Å². The van der Waals surface area contributed by atoms with Crippen LogP contribution in [0.1, 0.15) is 13.8 Å². The minimum atomic E-state index is -4.23. The molecule has 0 bridgehead atoms. The van der Waals surface area contributed by atoms with Crippen LogP contribution in [-0.4, -0.2) is 26.6 Å². The number of ether oxygens (including phenoxy) is 2. The molecule has 0 spiro atoms. The molecule has 19 heavy (non-hydrogen) atoms. The van der Waals surface area contributed by atoms with Crippen molar-refractivity contribution in [1.82, 2.24) is 0 Å². The number of hydrogen-bond acceptors (Lipinski definition) is 6. The number of nitro groups is 1. The molecule has 8 nitrogen and oxygen atoms in total. The fourth-order valence-electron chi connectivity index (χ4n) is 1.44. The first-order valence-electron chi connectivity index (χ1n) is 5.42. The largest absolute Gasteiger partial charge is 0.490 e. The standard InChI is InChI=1S/C10H14N2O6S/c1-3-17-8-5-7(12(13)14)10(19(11,15)16)6-9(8)18-4-2/h5-6H,3-4H2,1-2H3,(H2,11,15,16). The molecule has 0 heterocycles. The maximum absolute atomic E-state index is 11.4. The van der Waals surface area contributed by atoms with Gasteiger partial charge in [-0.15, -0.1) is 0 Å². The summed E-state index contributed by atoms with van der Waals surface area (Å²) < 4.78 is 33.1. The molecule has 1 aromatic carbocycles. The molecule has 0 saturated heterocycles. The summed E-state index contributed by atoms with van der Waals surface area (Å²) in [6.07, 6.45) is 0. The van der Waals surface area contributed by atoms with Crippen molar-refractivity contribution in [2.24, 2.45) is 5.14 Å². The average molecular weight is 290 g/mol. The molecule has 1 aromatic rings. The molecular weight excluding hydrogens is 276 g/mol. The van der Waals surface area contributed by atoms with Gasteiger partial charge in [-0.05, 0) is 13.8 Å². The predicted octanol–water partition coefficient (Wildman–Crippen LogP) is 1.04. The fraction of sp³-hybridized carbons (Fsp3) is 0.400. The molecule has 0 aromatic heterocycles. The molecule has 0 fully saturated rings. The summed E-state index contributed by atoms with van der Waals surface area (Å²) in [5.74, 6) is 0.197. The lowest BCUT2D eigenvalue weighted by atomic mass is 10.3. The van der Waals surface area contributed by atoms with Crippen LogP contribution in [0.2, 0.25) is 0 Å². The Morgan fingerprint density at radius 1 is 1.21 bits per heavy atom. The van der Waals surface area contributed by atoms with E-state index in [0.717, 1.165) is 12.1 Å². The second kappa shape index (κ2) is 5.85. The van der Waals surface area contributed by atoms with Crippen molar-refractivity contribution in [3.63, 3.8) is 0 Å². The highest BCUT2D eigenvalue weighted by Gasteiger charge is 2.26. The molecule has 106 valence electrons. The second-order valence-corrected chi connectivity index (χ2v) is 4.96. The van der Waals surface area contributed by atoms with E-state index in [1.165, 1.54) is 0 Å². The van der Waals surface area contributed by atoms with E-state index in [0.29, 0.717) is 0 Å². The van der Waals surface area contributed by atoms with Crippen LogP contribution in [0.15, 0.2) is 17.0 Å². The van der Waals surface area contributed by atoms with Gasteiger partial charge >= 0.3 is 0 Å². The van der Waals surface area contributed by atoms with Gasteiger partial charge in [0.25, 0.3) is 5.69 Å². The van der Waals surface area contributed by atoms with Crippen molar-refractivity contribution in [3.05, 3.63) is 22.2 Å². The predicted molar refractivity (Wildman–Crippen MR) is 66.8 cm³/mol. The first-order chi connectivity index (χ1) is 8.81. The molecule has 0 saturated carbocycles. The van der Waals surface area contributed by atoms with Gasteiger partial charge in [0.05, 0.1) is 24.2 Å². The quantitative estimate of drug-likeness (QED) is 0.617. The Hall–Kier alpha value is -1.87. The van der Waals surface area contributed by atoms with Crippen molar-refractivity contribution < 1.29 is 22.8 Å². The molecule has 0 amide bonds. The third-order valence-corrected chi connectivity index (χ3v) is 3.07. The molecule has 0 unspecified atom stereocenters. The number of benzene rings is 1. The Bertz CT molecular complexity index is 584. The summed E-state index contributed by atoms with van der Waals surface area (Å²) in [7, 11) is -4.23. The third-order valence-electron chi connectivity index (χ3n) is 2.13. The Balaban J connectivity index is 3.54. The molecule has 0 aliphatic carbocycles. The van der Waals surface area contributed by atoms with Crippen LogP contribution in [0.4, 0.5) is 5.69 Å². The summed E-state index contributed by atoms with van der Waals surface area (Å²) >= 11 is 0. The lowest BCUT2D eigenvalue weighted by molar-refractivity contribution is -0.387. The molecular formula is C10H14N2O6S. The molecule has 9 heteroatoms.